The van der Waals surface area contributed by atoms with Gasteiger partial charge in [-0.2, -0.15) is 0 Å². The lowest BCUT2D eigenvalue weighted by Crippen LogP contribution is -2.53. The SMILES string of the molecule is C/C=C1/C=C(C)NC1.CCC(C)CN(C1CCCC(N)CC1)C1CCC1Cc1ccccc1. The van der Waals surface area contributed by atoms with Crippen LogP contribution < -0.4 is 11.1 Å². The van der Waals surface area contributed by atoms with Crippen molar-refractivity contribution in [2.75, 3.05) is 13.1 Å². The maximum atomic E-state index is 6.26. The van der Waals surface area contributed by atoms with Gasteiger partial charge < -0.3 is 11.1 Å². The Morgan fingerprint density at radius 2 is 1.88 bits per heavy atom. The molecule has 2 fully saturated rings. The first kappa shape index (κ1) is 26.0. The molecule has 0 aromatic heterocycles. The number of hydrogen-bond acceptors (Lipinski definition) is 3. The molecule has 0 amide bonds. The molecule has 184 valence electrons. The highest BCUT2D eigenvalue weighted by Crippen LogP contribution is 2.38. The normalized spacial score (nSPS) is 29.4. The van der Waals surface area contributed by atoms with E-state index in [-0.39, 0.29) is 0 Å². The van der Waals surface area contributed by atoms with Crippen LogP contribution in [0.4, 0.5) is 0 Å². The van der Waals surface area contributed by atoms with E-state index in [1.165, 1.54) is 81.2 Å². The summed E-state index contributed by atoms with van der Waals surface area (Å²) < 4.78 is 0. The molecule has 3 aliphatic rings. The fourth-order valence-electron chi connectivity index (χ4n) is 5.64. The van der Waals surface area contributed by atoms with Crippen molar-refractivity contribution in [3.05, 3.63) is 59.3 Å². The van der Waals surface area contributed by atoms with Gasteiger partial charge in [0.1, 0.15) is 0 Å². The summed E-state index contributed by atoms with van der Waals surface area (Å²) in [5.74, 6) is 1.65. The third kappa shape index (κ3) is 8.00. The summed E-state index contributed by atoms with van der Waals surface area (Å²) in [6, 6.07) is 13.1. The maximum absolute atomic E-state index is 6.26. The highest BCUT2D eigenvalue weighted by Gasteiger charge is 2.39. The van der Waals surface area contributed by atoms with Crippen molar-refractivity contribution in [3.8, 4) is 0 Å². The number of benzene rings is 1. The molecule has 0 spiro atoms. The van der Waals surface area contributed by atoms with Crippen LogP contribution >= 0.6 is 0 Å². The van der Waals surface area contributed by atoms with Crippen molar-refractivity contribution >= 4 is 0 Å². The van der Waals surface area contributed by atoms with Gasteiger partial charge in [-0.05, 0) is 87.8 Å². The Kier molecular flexibility index (Phi) is 10.5. The van der Waals surface area contributed by atoms with Crippen LogP contribution in [0, 0.1) is 11.8 Å². The Morgan fingerprint density at radius 1 is 1.09 bits per heavy atom. The van der Waals surface area contributed by atoms with Crippen LogP contribution in [-0.2, 0) is 6.42 Å². The lowest BCUT2D eigenvalue weighted by atomic mass is 9.74. The topological polar surface area (TPSA) is 41.3 Å². The summed E-state index contributed by atoms with van der Waals surface area (Å²) in [4.78, 5) is 2.93. The van der Waals surface area contributed by atoms with Crippen molar-refractivity contribution in [2.45, 2.75) is 104 Å². The van der Waals surface area contributed by atoms with Gasteiger partial charge in [-0.15, -0.1) is 0 Å². The maximum Gasteiger partial charge on any atom is 0.0395 e. The quantitative estimate of drug-likeness (QED) is 0.468. The van der Waals surface area contributed by atoms with E-state index in [1.54, 1.807) is 0 Å². The van der Waals surface area contributed by atoms with Crippen molar-refractivity contribution < 1.29 is 0 Å². The lowest BCUT2D eigenvalue weighted by molar-refractivity contribution is 0.0107. The molecule has 0 saturated heterocycles. The summed E-state index contributed by atoms with van der Waals surface area (Å²) in [6.45, 7) is 11.2. The predicted molar refractivity (Wildman–Crippen MR) is 143 cm³/mol. The predicted octanol–water partition coefficient (Wildman–Crippen LogP) is 6.46. The fraction of sp³-hybridized carbons (Fsp3) is 0.667. The molecular weight excluding hydrogens is 402 g/mol. The fourth-order valence-corrected chi connectivity index (χ4v) is 5.64. The second-order valence-electron chi connectivity index (χ2n) is 10.8. The summed E-state index contributed by atoms with van der Waals surface area (Å²) in [6.07, 6.45) is 16.1. The second-order valence-corrected chi connectivity index (χ2v) is 10.8. The molecule has 4 rings (SSSR count). The molecule has 3 nitrogen and oxygen atoms in total. The molecule has 1 aromatic carbocycles. The number of nitrogens with one attached hydrogen (secondary N) is 1. The Hall–Kier alpha value is -1.58. The highest BCUT2D eigenvalue weighted by atomic mass is 15.2. The van der Waals surface area contributed by atoms with E-state index in [1.807, 2.05) is 0 Å². The van der Waals surface area contributed by atoms with E-state index in [4.69, 9.17) is 5.73 Å². The standard InChI is InChI=1S/C23H38N2.C7H11N/c1-3-18(2)17-25(22-11-7-10-21(24)13-14-22)23-15-12-20(23)16-19-8-5-4-6-9-19;1-3-7-4-6(2)8-5-7/h4-6,8-9,18,20-23H,3,7,10-17,24H2,1-2H3;3-4,8H,5H2,1-2H3/b;7-3-. The number of allylic oxidation sites excluding steroid dienone is 2. The van der Waals surface area contributed by atoms with Gasteiger partial charge in [-0.3, -0.25) is 4.90 Å². The monoisotopic (exact) mass is 451 g/mol. The van der Waals surface area contributed by atoms with Gasteiger partial charge >= 0.3 is 0 Å². The van der Waals surface area contributed by atoms with Gasteiger partial charge in [0.15, 0.2) is 0 Å². The molecule has 3 heteroatoms. The lowest BCUT2D eigenvalue weighted by Gasteiger charge is -2.49. The molecule has 2 aliphatic carbocycles. The molecule has 1 aliphatic heterocycles. The first-order valence-corrected chi connectivity index (χ1v) is 13.6. The number of hydrogen-bond donors (Lipinski definition) is 2. The van der Waals surface area contributed by atoms with Crippen molar-refractivity contribution in [1.29, 1.82) is 0 Å². The molecular formula is C30H49N3. The van der Waals surface area contributed by atoms with Gasteiger partial charge in [0.2, 0.25) is 0 Å². The van der Waals surface area contributed by atoms with Crippen LogP contribution in [0.2, 0.25) is 0 Å². The first-order valence-electron chi connectivity index (χ1n) is 13.6. The molecule has 1 aromatic rings. The van der Waals surface area contributed by atoms with E-state index in [2.05, 4.69) is 80.4 Å². The zero-order chi connectivity index (χ0) is 23.6. The molecule has 5 atom stereocenters. The van der Waals surface area contributed by atoms with E-state index in [9.17, 15) is 0 Å². The molecule has 0 bridgehead atoms. The van der Waals surface area contributed by atoms with Crippen LogP contribution in [-0.4, -0.2) is 36.1 Å². The van der Waals surface area contributed by atoms with E-state index >= 15 is 0 Å². The third-order valence-electron chi connectivity index (χ3n) is 8.16. The summed E-state index contributed by atoms with van der Waals surface area (Å²) in [5.41, 5.74) is 10.4. The second kappa shape index (κ2) is 13.3. The van der Waals surface area contributed by atoms with Gasteiger partial charge in [0.25, 0.3) is 0 Å². The number of rotatable bonds is 7. The third-order valence-corrected chi connectivity index (χ3v) is 8.16. The van der Waals surface area contributed by atoms with E-state index in [0.29, 0.717) is 6.04 Å². The van der Waals surface area contributed by atoms with Crippen molar-refractivity contribution in [2.24, 2.45) is 17.6 Å². The zero-order valence-electron chi connectivity index (χ0n) is 21.7. The Balaban J connectivity index is 0.000000323. The summed E-state index contributed by atoms with van der Waals surface area (Å²) in [5, 5.41) is 3.21. The summed E-state index contributed by atoms with van der Waals surface area (Å²) in [7, 11) is 0. The van der Waals surface area contributed by atoms with Crippen molar-refractivity contribution in [1.82, 2.24) is 10.2 Å². The molecule has 33 heavy (non-hydrogen) atoms. The smallest absolute Gasteiger partial charge is 0.0395 e. The van der Waals surface area contributed by atoms with Gasteiger partial charge in [0.05, 0.1) is 0 Å². The molecule has 5 unspecified atom stereocenters. The average Bonchev–Trinajstić information content (AvgIpc) is 3.12. The van der Waals surface area contributed by atoms with Crippen LogP contribution in [0.25, 0.3) is 0 Å². The van der Waals surface area contributed by atoms with E-state index < -0.39 is 0 Å². The van der Waals surface area contributed by atoms with Crippen LogP contribution in [0.3, 0.4) is 0 Å². The Bertz CT molecular complexity index is 753. The minimum atomic E-state index is 0.442. The minimum absolute atomic E-state index is 0.442. The molecule has 3 N–H and O–H groups in total. The van der Waals surface area contributed by atoms with Crippen molar-refractivity contribution in [3.63, 3.8) is 0 Å². The van der Waals surface area contributed by atoms with Gasteiger partial charge in [-0.25, -0.2) is 0 Å². The molecule has 1 heterocycles. The Labute approximate surface area is 203 Å². The van der Waals surface area contributed by atoms with Crippen LogP contribution in [0.5, 0.6) is 0 Å². The first-order chi connectivity index (χ1) is 16.0. The number of nitrogens with zero attached hydrogens (tertiary/aromatic N) is 1. The summed E-state index contributed by atoms with van der Waals surface area (Å²) >= 11 is 0. The zero-order valence-corrected chi connectivity index (χ0v) is 21.7. The largest absolute Gasteiger partial charge is 0.384 e. The molecule has 2 saturated carbocycles. The molecule has 0 radical (unpaired) electrons. The minimum Gasteiger partial charge on any atom is -0.384 e. The van der Waals surface area contributed by atoms with Gasteiger partial charge in [0, 0.05) is 36.9 Å². The van der Waals surface area contributed by atoms with Crippen LogP contribution in [0.15, 0.2) is 53.8 Å². The highest BCUT2D eigenvalue weighted by molar-refractivity contribution is 5.29. The Morgan fingerprint density at radius 3 is 2.45 bits per heavy atom. The van der Waals surface area contributed by atoms with Crippen LogP contribution in [0.1, 0.15) is 84.6 Å². The average molecular weight is 452 g/mol. The van der Waals surface area contributed by atoms with Gasteiger partial charge in [-0.1, -0.05) is 63.1 Å². The van der Waals surface area contributed by atoms with E-state index in [0.717, 1.165) is 30.5 Å². The number of nitrogens with two attached hydrogens (primary N) is 1.